The number of halogens is 2. The van der Waals surface area contributed by atoms with E-state index in [1.807, 2.05) is 13.8 Å². The number of aliphatic hydroxyl groups is 1. The number of nitrogens with one attached hydrogen (secondary N) is 1. The van der Waals surface area contributed by atoms with E-state index in [0.717, 1.165) is 11.3 Å². The van der Waals surface area contributed by atoms with Crippen LogP contribution in [0, 0.1) is 5.92 Å². The maximum absolute atomic E-state index is 12.0. The fraction of sp³-hybridized carbons (Fsp3) is 0.600. The summed E-state index contributed by atoms with van der Waals surface area (Å²) in [5.74, 6) is -0.0817. The molecule has 0 aliphatic heterocycles. The predicted octanol–water partition coefficient (Wildman–Crippen LogP) is 2.74. The van der Waals surface area contributed by atoms with E-state index in [1.54, 1.807) is 6.92 Å². The van der Waals surface area contributed by atoms with Crippen LogP contribution in [0.15, 0.2) is 11.0 Å². The number of thiophene rings is 1. The molecule has 0 spiro atoms. The quantitative estimate of drug-likeness (QED) is 0.871. The second kappa shape index (κ2) is 5.64. The zero-order valence-corrected chi connectivity index (χ0v) is 13.3. The van der Waals surface area contributed by atoms with Crippen molar-refractivity contribution in [2.24, 2.45) is 5.92 Å². The Kier molecular flexibility index (Phi) is 5.08. The van der Waals surface area contributed by atoms with Gasteiger partial charge in [0.2, 0.25) is 10.0 Å². The van der Waals surface area contributed by atoms with Crippen molar-refractivity contribution in [3.8, 4) is 0 Å². The molecule has 0 amide bonds. The molecule has 1 aromatic rings. The first kappa shape index (κ1) is 16.2. The highest BCUT2D eigenvalue weighted by Gasteiger charge is 2.29. The van der Waals surface area contributed by atoms with Gasteiger partial charge in [0.15, 0.2) is 0 Å². The Bertz CT molecular complexity index is 523. The second-order valence-corrected chi connectivity index (χ2v) is 8.55. The topological polar surface area (TPSA) is 66.4 Å². The lowest BCUT2D eigenvalue weighted by Gasteiger charge is -2.27. The van der Waals surface area contributed by atoms with Gasteiger partial charge in [0.25, 0.3) is 0 Å². The highest BCUT2D eigenvalue weighted by molar-refractivity contribution is 7.89. The maximum Gasteiger partial charge on any atom is 0.243 e. The number of sulfonamides is 1. The lowest BCUT2D eigenvalue weighted by atomic mass is 9.93. The van der Waals surface area contributed by atoms with Crippen molar-refractivity contribution >= 4 is 44.6 Å². The maximum atomic E-state index is 12.0. The third-order valence-electron chi connectivity index (χ3n) is 2.78. The third-order valence-corrected chi connectivity index (χ3v) is 5.93. The van der Waals surface area contributed by atoms with Crippen LogP contribution in [-0.2, 0) is 10.0 Å². The largest absolute Gasteiger partial charge is 0.389 e. The molecule has 1 heterocycles. The van der Waals surface area contributed by atoms with E-state index < -0.39 is 15.6 Å². The average Bonchev–Trinajstić information content (AvgIpc) is 2.56. The Labute approximate surface area is 121 Å². The van der Waals surface area contributed by atoms with Crippen LogP contribution in [0.25, 0.3) is 0 Å². The van der Waals surface area contributed by atoms with Crippen LogP contribution >= 0.6 is 34.5 Å². The SMILES string of the molecule is CC(C)C(C)(O)CNS(=O)(=O)c1cc(Cl)sc1Cl. The van der Waals surface area contributed by atoms with E-state index in [9.17, 15) is 13.5 Å². The molecule has 0 aromatic carbocycles. The molecule has 0 saturated carbocycles. The van der Waals surface area contributed by atoms with Gasteiger partial charge in [0.1, 0.15) is 9.23 Å². The van der Waals surface area contributed by atoms with Gasteiger partial charge in [-0.1, -0.05) is 37.0 Å². The van der Waals surface area contributed by atoms with Crippen LogP contribution in [0.4, 0.5) is 0 Å². The summed E-state index contributed by atoms with van der Waals surface area (Å²) < 4.78 is 26.7. The van der Waals surface area contributed by atoms with Gasteiger partial charge in [-0.3, -0.25) is 0 Å². The van der Waals surface area contributed by atoms with Crippen molar-refractivity contribution < 1.29 is 13.5 Å². The molecule has 1 aromatic heterocycles. The molecule has 0 fully saturated rings. The average molecular weight is 332 g/mol. The van der Waals surface area contributed by atoms with E-state index >= 15 is 0 Å². The van der Waals surface area contributed by atoms with Gasteiger partial charge in [0, 0.05) is 6.54 Å². The molecule has 2 N–H and O–H groups in total. The van der Waals surface area contributed by atoms with Gasteiger partial charge in [-0.15, -0.1) is 11.3 Å². The minimum absolute atomic E-state index is 0.0567. The smallest absolute Gasteiger partial charge is 0.243 e. The first-order valence-corrected chi connectivity index (χ1v) is 8.28. The molecule has 18 heavy (non-hydrogen) atoms. The summed E-state index contributed by atoms with van der Waals surface area (Å²) in [5, 5.41) is 9.99. The van der Waals surface area contributed by atoms with Gasteiger partial charge in [-0.05, 0) is 18.9 Å². The van der Waals surface area contributed by atoms with Crippen LogP contribution in [0.3, 0.4) is 0 Å². The summed E-state index contributed by atoms with van der Waals surface area (Å²) in [5.41, 5.74) is -1.13. The molecular formula is C10H15Cl2NO3S2. The van der Waals surface area contributed by atoms with Crippen LogP contribution in [-0.4, -0.2) is 25.7 Å². The Hall–Kier alpha value is 0.150. The number of rotatable bonds is 5. The molecule has 0 aliphatic rings. The van der Waals surface area contributed by atoms with Gasteiger partial charge in [-0.25, -0.2) is 13.1 Å². The first-order valence-electron chi connectivity index (χ1n) is 5.23. The van der Waals surface area contributed by atoms with Crippen LogP contribution < -0.4 is 4.72 Å². The summed E-state index contributed by atoms with van der Waals surface area (Å²) in [6.07, 6.45) is 0. The monoisotopic (exact) mass is 331 g/mol. The molecule has 0 saturated heterocycles. The predicted molar refractivity (Wildman–Crippen MR) is 75.0 cm³/mol. The Morgan fingerprint density at radius 3 is 2.44 bits per heavy atom. The molecule has 4 nitrogen and oxygen atoms in total. The van der Waals surface area contributed by atoms with Crippen molar-refractivity contribution in [1.29, 1.82) is 0 Å². The summed E-state index contributed by atoms with van der Waals surface area (Å²) in [7, 11) is -3.75. The first-order chi connectivity index (χ1) is 8.06. The van der Waals surface area contributed by atoms with Crippen LogP contribution in [0.1, 0.15) is 20.8 Å². The third kappa shape index (κ3) is 3.82. The Morgan fingerprint density at radius 1 is 1.50 bits per heavy atom. The van der Waals surface area contributed by atoms with E-state index in [1.165, 1.54) is 6.07 Å². The molecule has 1 atom stereocenters. The van der Waals surface area contributed by atoms with E-state index in [0.29, 0.717) is 4.34 Å². The van der Waals surface area contributed by atoms with Crippen molar-refractivity contribution in [3.63, 3.8) is 0 Å². The Balaban J connectivity index is 2.88. The van der Waals surface area contributed by atoms with E-state index in [4.69, 9.17) is 23.2 Å². The zero-order chi connectivity index (χ0) is 14.1. The molecule has 8 heteroatoms. The standard InChI is InChI=1S/C10H15Cl2NO3S2/c1-6(2)10(3,14)5-13-18(15,16)7-4-8(11)17-9(7)12/h4,6,13-14H,5H2,1-3H3. The number of hydrogen-bond acceptors (Lipinski definition) is 4. The van der Waals surface area contributed by atoms with Crippen molar-refractivity contribution in [2.75, 3.05) is 6.54 Å². The fourth-order valence-corrected chi connectivity index (χ4v) is 4.32. The number of hydrogen-bond donors (Lipinski definition) is 2. The molecular weight excluding hydrogens is 317 g/mol. The van der Waals surface area contributed by atoms with Crippen molar-refractivity contribution in [3.05, 3.63) is 14.7 Å². The lowest BCUT2D eigenvalue weighted by Crippen LogP contribution is -2.44. The summed E-state index contributed by atoms with van der Waals surface area (Å²) in [6.45, 7) is 5.10. The second-order valence-electron chi connectivity index (χ2n) is 4.52. The molecule has 104 valence electrons. The Morgan fingerprint density at radius 2 is 2.06 bits per heavy atom. The van der Waals surface area contributed by atoms with Gasteiger partial charge in [0.05, 0.1) is 9.94 Å². The molecule has 1 rings (SSSR count). The summed E-state index contributed by atoms with van der Waals surface area (Å²) >= 11 is 12.5. The molecule has 1 unspecified atom stereocenters. The molecule has 0 bridgehead atoms. The highest BCUT2D eigenvalue weighted by Crippen LogP contribution is 2.34. The molecule has 0 radical (unpaired) electrons. The highest BCUT2D eigenvalue weighted by atomic mass is 35.5. The summed E-state index contributed by atoms with van der Waals surface area (Å²) in [6, 6.07) is 1.29. The zero-order valence-electron chi connectivity index (χ0n) is 10.2. The lowest BCUT2D eigenvalue weighted by molar-refractivity contribution is 0.0190. The van der Waals surface area contributed by atoms with Crippen LogP contribution in [0.2, 0.25) is 8.67 Å². The van der Waals surface area contributed by atoms with Gasteiger partial charge in [-0.2, -0.15) is 0 Å². The van der Waals surface area contributed by atoms with Gasteiger partial charge >= 0.3 is 0 Å². The minimum Gasteiger partial charge on any atom is -0.389 e. The van der Waals surface area contributed by atoms with E-state index in [-0.39, 0.29) is 21.7 Å². The fourth-order valence-electron chi connectivity index (χ4n) is 1.03. The minimum atomic E-state index is -3.75. The summed E-state index contributed by atoms with van der Waals surface area (Å²) in [4.78, 5) is -0.0567. The normalized spacial score (nSPS) is 15.9. The van der Waals surface area contributed by atoms with Crippen molar-refractivity contribution in [2.45, 2.75) is 31.3 Å². The molecule has 0 aliphatic carbocycles. The van der Waals surface area contributed by atoms with Crippen molar-refractivity contribution in [1.82, 2.24) is 4.72 Å². The van der Waals surface area contributed by atoms with E-state index in [2.05, 4.69) is 4.72 Å². The van der Waals surface area contributed by atoms with Gasteiger partial charge < -0.3 is 5.11 Å². The van der Waals surface area contributed by atoms with Crippen LogP contribution in [0.5, 0.6) is 0 Å².